The molecule has 0 heterocycles. The smallest absolute Gasteiger partial charge is 0.122 e. The Balaban J connectivity index is -0.000000395. The maximum atomic E-state index is 10.2. The predicted octanol–water partition coefficient (Wildman–Crippen LogP) is 9.00. The van der Waals surface area contributed by atoms with Gasteiger partial charge in [-0.1, -0.05) is 89.4 Å². The number of hydrogen-bond acceptors (Lipinski definition) is 3. The van der Waals surface area contributed by atoms with Crippen LogP contribution in [0.25, 0.3) is 0 Å². The van der Waals surface area contributed by atoms with Crippen molar-refractivity contribution in [2.24, 2.45) is 5.92 Å². The lowest BCUT2D eigenvalue weighted by molar-refractivity contribution is -0.111. The molecule has 32 heavy (non-hydrogen) atoms. The first-order chi connectivity index (χ1) is 15.5. The summed E-state index contributed by atoms with van der Waals surface area (Å²) in [6.07, 6.45) is 26.9. The number of hydrogen-bond donors (Lipinski definition) is 0. The molecule has 0 amide bonds. The molecule has 0 aromatic carbocycles. The zero-order chi connectivity index (χ0) is 24.7. The van der Waals surface area contributed by atoms with E-state index in [2.05, 4.69) is 33.4 Å². The number of carbonyl (C=O) groups excluding carboxylic acids is 3. The maximum Gasteiger partial charge on any atom is 0.122 e. The van der Waals surface area contributed by atoms with E-state index in [-0.39, 0.29) is 5.92 Å². The molecule has 3 heteroatoms. The molecule has 0 bridgehead atoms. The van der Waals surface area contributed by atoms with Crippen molar-refractivity contribution in [1.82, 2.24) is 0 Å². The fraction of sp³-hybridized carbons (Fsp3) is 0.759. The highest BCUT2D eigenvalue weighted by Gasteiger charge is 1.95. The van der Waals surface area contributed by atoms with Crippen molar-refractivity contribution in [3.8, 4) is 0 Å². The second-order valence-corrected chi connectivity index (χ2v) is 8.85. The summed E-state index contributed by atoms with van der Waals surface area (Å²) < 4.78 is 0. The van der Waals surface area contributed by atoms with Gasteiger partial charge < -0.3 is 14.4 Å². The van der Waals surface area contributed by atoms with E-state index in [0.29, 0.717) is 0 Å². The summed E-state index contributed by atoms with van der Waals surface area (Å²) in [4.78, 5) is 30.0. The summed E-state index contributed by atoms with van der Waals surface area (Å²) in [5.41, 5.74) is 1.33. The third kappa shape index (κ3) is 42.6. The Morgan fingerprint density at radius 3 is 1.50 bits per heavy atom. The second-order valence-electron chi connectivity index (χ2n) is 8.85. The third-order valence-electron chi connectivity index (χ3n) is 5.06. The molecule has 0 saturated heterocycles. The minimum absolute atomic E-state index is 0.218. The molecular weight excluding hydrogens is 396 g/mol. The van der Waals surface area contributed by atoms with Gasteiger partial charge in [-0.3, -0.25) is 0 Å². The van der Waals surface area contributed by atoms with Gasteiger partial charge in [-0.2, -0.15) is 0 Å². The molecule has 3 nitrogen and oxygen atoms in total. The molecule has 1 atom stereocenters. The SMILES string of the molecule is C=CCCCCCCCC=O.CC(C)=CCCC(C)C=O.CCCCCCCCCC=O. The number of carbonyl (C=O) groups is 3. The van der Waals surface area contributed by atoms with Gasteiger partial charge in [-0.15, -0.1) is 6.58 Å². The van der Waals surface area contributed by atoms with Crippen LogP contribution in [-0.2, 0) is 14.4 Å². The van der Waals surface area contributed by atoms with Crippen molar-refractivity contribution in [2.75, 3.05) is 0 Å². The summed E-state index contributed by atoms with van der Waals surface area (Å²) in [7, 11) is 0. The minimum Gasteiger partial charge on any atom is -0.303 e. The molecule has 0 aromatic heterocycles. The molecule has 0 aliphatic carbocycles. The van der Waals surface area contributed by atoms with Gasteiger partial charge in [-0.05, 0) is 52.4 Å². The topological polar surface area (TPSA) is 51.2 Å². The molecule has 0 radical (unpaired) electrons. The van der Waals surface area contributed by atoms with Gasteiger partial charge in [0.25, 0.3) is 0 Å². The maximum absolute atomic E-state index is 10.2. The molecule has 0 rings (SSSR count). The average molecular weight is 451 g/mol. The lowest BCUT2D eigenvalue weighted by Crippen LogP contribution is -1.93. The van der Waals surface area contributed by atoms with Crippen molar-refractivity contribution in [3.63, 3.8) is 0 Å². The molecule has 188 valence electrons. The van der Waals surface area contributed by atoms with Crippen LogP contribution in [0.2, 0.25) is 0 Å². The van der Waals surface area contributed by atoms with Crippen molar-refractivity contribution < 1.29 is 14.4 Å². The Bertz CT molecular complexity index is 410. The number of rotatable bonds is 20. The largest absolute Gasteiger partial charge is 0.303 e. The summed E-state index contributed by atoms with van der Waals surface area (Å²) in [6, 6.07) is 0. The van der Waals surface area contributed by atoms with Crippen molar-refractivity contribution >= 4 is 18.9 Å². The molecule has 0 fully saturated rings. The van der Waals surface area contributed by atoms with Gasteiger partial charge in [0.2, 0.25) is 0 Å². The van der Waals surface area contributed by atoms with Crippen LogP contribution in [0.3, 0.4) is 0 Å². The molecular formula is C29H54O3. The van der Waals surface area contributed by atoms with Crippen molar-refractivity contribution in [1.29, 1.82) is 0 Å². The van der Waals surface area contributed by atoms with Gasteiger partial charge in [0.1, 0.15) is 18.9 Å². The van der Waals surface area contributed by atoms with Crippen LogP contribution >= 0.6 is 0 Å². The van der Waals surface area contributed by atoms with Gasteiger partial charge in [0.05, 0.1) is 0 Å². The van der Waals surface area contributed by atoms with Crippen LogP contribution in [-0.4, -0.2) is 18.9 Å². The van der Waals surface area contributed by atoms with E-state index in [1.54, 1.807) is 0 Å². The van der Waals surface area contributed by atoms with Gasteiger partial charge in [0, 0.05) is 18.8 Å². The van der Waals surface area contributed by atoms with Crippen LogP contribution in [0.1, 0.15) is 137 Å². The highest BCUT2D eigenvalue weighted by molar-refractivity contribution is 5.52. The van der Waals surface area contributed by atoms with Crippen LogP contribution < -0.4 is 0 Å². The molecule has 0 aliphatic rings. The van der Waals surface area contributed by atoms with E-state index < -0.39 is 0 Å². The normalized spacial score (nSPS) is 10.5. The van der Waals surface area contributed by atoms with Crippen LogP contribution in [0.15, 0.2) is 24.3 Å². The third-order valence-corrected chi connectivity index (χ3v) is 5.06. The molecule has 0 N–H and O–H groups in total. The zero-order valence-corrected chi connectivity index (χ0v) is 21.9. The van der Waals surface area contributed by atoms with Gasteiger partial charge >= 0.3 is 0 Å². The Labute approximate surface area is 200 Å². The van der Waals surface area contributed by atoms with Crippen LogP contribution in [0.5, 0.6) is 0 Å². The van der Waals surface area contributed by atoms with Crippen molar-refractivity contribution in [3.05, 3.63) is 24.3 Å². The molecule has 1 unspecified atom stereocenters. The summed E-state index contributed by atoms with van der Waals surface area (Å²) in [5.74, 6) is 0.218. The first-order valence-corrected chi connectivity index (χ1v) is 13.1. The molecule has 0 saturated carbocycles. The molecule has 0 aliphatic heterocycles. The summed E-state index contributed by atoms with van der Waals surface area (Å²) in [5, 5.41) is 0. The monoisotopic (exact) mass is 450 g/mol. The summed E-state index contributed by atoms with van der Waals surface area (Å²) >= 11 is 0. The van der Waals surface area contributed by atoms with E-state index in [1.165, 1.54) is 69.8 Å². The highest BCUT2D eigenvalue weighted by Crippen LogP contribution is 2.08. The Morgan fingerprint density at radius 2 is 1.12 bits per heavy atom. The van der Waals surface area contributed by atoms with Gasteiger partial charge in [-0.25, -0.2) is 0 Å². The Hall–Kier alpha value is -1.51. The number of unbranched alkanes of at least 4 members (excludes halogenated alkanes) is 13. The molecule has 0 spiro atoms. The Kier molecular flexibility index (Phi) is 37.4. The van der Waals surface area contributed by atoms with Gasteiger partial charge in [0.15, 0.2) is 0 Å². The fourth-order valence-corrected chi connectivity index (χ4v) is 2.93. The summed E-state index contributed by atoms with van der Waals surface area (Å²) in [6.45, 7) is 12.0. The number of allylic oxidation sites excluding steroid dienone is 3. The minimum atomic E-state index is 0.218. The van der Waals surface area contributed by atoms with Crippen LogP contribution in [0.4, 0.5) is 0 Å². The Morgan fingerprint density at radius 1 is 0.688 bits per heavy atom. The fourth-order valence-electron chi connectivity index (χ4n) is 2.93. The first-order valence-electron chi connectivity index (χ1n) is 13.1. The standard InChI is InChI=1S/C10H20O.C10H18O.C9H16O/c2*1-2-3-4-5-6-7-8-9-10-11;1-8(2)5-4-6-9(3)7-10/h10H,2-9H2,1H3;2,10H,1,3-9H2;5,7,9H,4,6H2,1-3H3. The van der Waals surface area contributed by atoms with E-state index >= 15 is 0 Å². The molecule has 0 aromatic rings. The average Bonchev–Trinajstić information content (AvgIpc) is 2.78. The van der Waals surface area contributed by atoms with Crippen LogP contribution in [0, 0.1) is 5.92 Å². The zero-order valence-electron chi connectivity index (χ0n) is 21.9. The number of aldehydes is 3. The lowest BCUT2D eigenvalue weighted by atomic mass is 10.1. The van der Waals surface area contributed by atoms with Crippen molar-refractivity contribution in [2.45, 2.75) is 137 Å². The van der Waals surface area contributed by atoms with E-state index in [0.717, 1.165) is 63.8 Å². The van der Waals surface area contributed by atoms with E-state index in [1.807, 2.05) is 13.0 Å². The van der Waals surface area contributed by atoms with E-state index in [9.17, 15) is 14.4 Å². The first kappa shape index (κ1) is 35.1. The predicted molar refractivity (Wildman–Crippen MR) is 141 cm³/mol. The quantitative estimate of drug-likeness (QED) is 0.106. The lowest BCUT2D eigenvalue weighted by Gasteiger charge is -1.98. The second kappa shape index (κ2) is 34.1. The van der Waals surface area contributed by atoms with E-state index in [4.69, 9.17) is 0 Å². The highest BCUT2D eigenvalue weighted by atomic mass is 16.1.